The van der Waals surface area contributed by atoms with Crippen LogP contribution in [0.2, 0.25) is 0 Å². The van der Waals surface area contributed by atoms with Gasteiger partial charge in [0.05, 0.1) is 5.52 Å². The molecular weight excluding hydrogens is 212 g/mol. The second kappa shape index (κ2) is 3.34. The zero-order valence-corrected chi connectivity index (χ0v) is 8.34. The van der Waals surface area contributed by atoms with E-state index in [9.17, 15) is 9.59 Å². The number of hydrogen-bond acceptors (Lipinski definition) is 3. The molecule has 0 bridgehead atoms. The molecule has 6 heteroatoms. The number of hydrogen-bond donors (Lipinski definition) is 2. The van der Waals surface area contributed by atoms with Crippen molar-refractivity contribution in [2.45, 2.75) is 6.92 Å². The molecule has 6 nitrogen and oxygen atoms in total. The van der Waals surface area contributed by atoms with Crippen LogP contribution in [0.25, 0.3) is 5.52 Å². The molecule has 0 unspecified atom stereocenters. The third-order valence-corrected chi connectivity index (χ3v) is 2.25. The quantitative estimate of drug-likeness (QED) is 0.788. The van der Waals surface area contributed by atoms with E-state index >= 15 is 0 Å². The summed E-state index contributed by atoms with van der Waals surface area (Å²) in [4.78, 5) is 25.4. The fourth-order valence-electron chi connectivity index (χ4n) is 1.60. The first-order valence-electron chi connectivity index (χ1n) is 4.47. The first kappa shape index (κ1) is 10.2. The molecule has 0 radical (unpaired) electrons. The number of aromatic carboxylic acids is 2. The average molecular weight is 220 g/mol. The normalized spacial score (nSPS) is 10.6. The van der Waals surface area contributed by atoms with Gasteiger partial charge in [0.25, 0.3) is 0 Å². The van der Waals surface area contributed by atoms with E-state index in [-0.39, 0.29) is 17.0 Å². The Balaban J connectivity index is 2.93. The predicted octanol–water partition coefficient (Wildman–Crippen LogP) is 1.04. The number of carboxylic acid groups (broad SMARTS) is 2. The predicted molar refractivity (Wildman–Crippen MR) is 53.8 cm³/mol. The van der Waals surface area contributed by atoms with Crippen molar-refractivity contribution < 1.29 is 19.8 Å². The van der Waals surface area contributed by atoms with Crippen LogP contribution in [0.5, 0.6) is 0 Å². The minimum Gasteiger partial charge on any atom is -0.476 e. The minimum absolute atomic E-state index is 0.249. The van der Waals surface area contributed by atoms with Gasteiger partial charge in [0.1, 0.15) is 0 Å². The lowest BCUT2D eigenvalue weighted by molar-refractivity contribution is 0.0682. The SMILES string of the molecule is Cc1cccc2c(C(=O)O)nc(C(=O)O)n12. The Morgan fingerprint density at radius 1 is 1.25 bits per heavy atom. The lowest BCUT2D eigenvalue weighted by Gasteiger charge is -2.00. The maximum atomic E-state index is 10.9. The molecule has 0 aliphatic rings. The smallest absolute Gasteiger partial charge is 0.372 e. The van der Waals surface area contributed by atoms with Crippen molar-refractivity contribution in [1.29, 1.82) is 0 Å². The van der Waals surface area contributed by atoms with Gasteiger partial charge in [-0.05, 0) is 19.1 Å². The lowest BCUT2D eigenvalue weighted by Crippen LogP contribution is -2.05. The summed E-state index contributed by atoms with van der Waals surface area (Å²) in [7, 11) is 0. The first-order chi connectivity index (χ1) is 7.52. The number of fused-ring (bicyclic) bond motifs is 1. The van der Waals surface area contributed by atoms with E-state index in [1.807, 2.05) is 0 Å². The largest absolute Gasteiger partial charge is 0.476 e. The van der Waals surface area contributed by atoms with Crippen molar-refractivity contribution in [3.63, 3.8) is 0 Å². The van der Waals surface area contributed by atoms with Crippen LogP contribution in [-0.4, -0.2) is 31.5 Å². The van der Waals surface area contributed by atoms with Crippen LogP contribution in [0.1, 0.15) is 26.8 Å². The van der Waals surface area contributed by atoms with Crippen molar-refractivity contribution in [3.8, 4) is 0 Å². The van der Waals surface area contributed by atoms with Crippen LogP contribution < -0.4 is 0 Å². The van der Waals surface area contributed by atoms with Crippen molar-refractivity contribution in [2.75, 3.05) is 0 Å². The molecule has 0 fully saturated rings. The molecule has 16 heavy (non-hydrogen) atoms. The van der Waals surface area contributed by atoms with Gasteiger partial charge in [-0.25, -0.2) is 14.6 Å². The van der Waals surface area contributed by atoms with Crippen LogP contribution >= 0.6 is 0 Å². The Labute approximate surface area is 89.8 Å². The van der Waals surface area contributed by atoms with Crippen LogP contribution in [0.3, 0.4) is 0 Å². The summed E-state index contributed by atoms with van der Waals surface area (Å²) in [6, 6.07) is 4.87. The summed E-state index contributed by atoms with van der Waals surface area (Å²) in [6.45, 7) is 1.69. The Kier molecular flexibility index (Phi) is 2.12. The maximum absolute atomic E-state index is 10.9. The topological polar surface area (TPSA) is 91.9 Å². The summed E-state index contributed by atoms with van der Waals surface area (Å²) in [5.74, 6) is -2.78. The van der Waals surface area contributed by atoms with Crippen molar-refractivity contribution in [2.24, 2.45) is 0 Å². The number of rotatable bonds is 2. The Bertz CT molecular complexity index is 600. The molecule has 0 saturated carbocycles. The molecule has 0 amide bonds. The second-order valence-electron chi connectivity index (χ2n) is 3.28. The minimum atomic E-state index is -1.25. The number of nitrogens with zero attached hydrogens (tertiary/aromatic N) is 2. The number of pyridine rings is 1. The number of carboxylic acids is 2. The van der Waals surface area contributed by atoms with Gasteiger partial charge in [-0.15, -0.1) is 0 Å². The van der Waals surface area contributed by atoms with E-state index in [1.165, 1.54) is 10.5 Å². The Morgan fingerprint density at radius 2 is 1.94 bits per heavy atom. The summed E-state index contributed by atoms with van der Waals surface area (Å²) in [6.07, 6.45) is 0. The van der Waals surface area contributed by atoms with Crippen molar-refractivity contribution >= 4 is 17.5 Å². The highest BCUT2D eigenvalue weighted by atomic mass is 16.4. The molecule has 2 aromatic heterocycles. The lowest BCUT2D eigenvalue weighted by atomic mass is 10.3. The molecule has 0 aliphatic heterocycles. The van der Waals surface area contributed by atoms with E-state index in [0.29, 0.717) is 5.69 Å². The molecule has 2 rings (SSSR count). The molecule has 0 aliphatic carbocycles. The highest BCUT2D eigenvalue weighted by Crippen LogP contribution is 2.15. The fraction of sp³-hybridized carbons (Fsp3) is 0.100. The third-order valence-electron chi connectivity index (χ3n) is 2.25. The Morgan fingerprint density at radius 3 is 2.50 bits per heavy atom. The van der Waals surface area contributed by atoms with Crippen molar-refractivity contribution in [3.05, 3.63) is 35.4 Å². The van der Waals surface area contributed by atoms with E-state index in [2.05, 4.69) is 4.98 Å². The number of imidazole rings is 1. The zero-order chi connectivity index (χ0) is 11.9. The van der Waals surface area contributed by atoms with E-state index < -0.39 is 11.9 Å². The molecule has 0 aromatic carbocycles. The summed E-state index contributed by atoms with van der Waals surface area (Å²) >= 11 is 0. The summed E-state index contributed by atoms with van der Waals surface area (Å²) in [5.41, 5.74) is 0.654. The van der Waals surface area contributed by atoms with E-state index in [0.717, 1.165) is 0 Å². The number of aromatic nitrogens is 2. The Hall–Kier alpha value is -2.37. The second-order valence-corrected chi connectivity index (χ2v) is 3.28. The zero-order valence-electron chi connectivity index (χ0n) is 8.34. The molecule has 2 N–H and O–H groups in total. The summed E-state index contributed by atoms with van der Waals surface area (Å²) < 4.78 is 1.31. The van der Waals surface area contributed by atoms with E-state index in [1.54, 1.807) is 19.1 Å². The van der Waals surface area contributed by atoms with E-state index in [4.69, 9.17) is 10.2 Å². The fourth-order valence-corrected chi connectivity index (χ4v) is 1.60. The van der Waals surface area contributed by atoms with Gasteiger partial charge in [0.2, 0.25) is 5.82 Å². The van der Waals surface area contributed by atoms with Crippen LogP contribution in [0, 0.1) is 6.92 Å². The molecule has 82 valence electrons. The van der Waals surface area contributed by atoms with Gasteiger partial charge in [-0.3, -0.25) is 4.40 Å². The van der Waals surface area contributed by atoms with Crippen molar-refractivity contribution in [1.82, 2.24) is 9.38 Å². The highest BCUT2D eigenvalue weighted by molar-refractivity contribution is 5.97. The van der Waals surface area contributed by atoms with Crippen LogP contribution in [0.4, 0.5) is 0 Å². The summed E-state index contributed by atoms with van der Waals surface area (Å²) in [5, 5.41) is 17.8. The monoisotopic (exact) mass is 220 g/mol. The number of carbonyl (C=O) groups is 2. The number of aryl methyl sites for hydroxylation is 1. The van der Waals surface area contributed by atoms with Gasteiger partial charge in [-0.2, -0.15) is 0 Å². The van der Waals surface area contributed by atoms with Gasteiger partial charge >= 0.3 is 11.9 Å². The van der Waals surface area contributed by atoms with Crippen LogP contribution in [0.15, 0.2) is 18.2 Å². The molecule has 0 saturated heterocycles. The highest BCUT2D eigenvalue weighted by Gasteiger charge is 2.21. The van der Waals surface area contributed by atoms with Crippen LogP contribution in [-0.2, 0) is 0 Å². The van der Waals surface area contributed by atoms with Gasteiger partial charge in [-0.1, -0.05) is 6.07 Å². The standard InChI is InChI=1S/C10H8N2O4/c1-5-3-2-4-6-7(9(13)14)11-8(10(15)16)12(5)6/h2-4H,1H3,(H,13,14)(H,15,16). The molecule has 0 atom stereocenters. The molecule has 2 aromatic rings. The first-order valence-corrected chi connectivity index (χ1v) is 4.47. The van der Waals surface area contributed by atoms with Gasteiger partial charge in [0, 0.05) is 5.69 Å². The van der Waals surface area contributed by atoms with Gasteiger partial charge in [0.15, 0.2) is 5.69 Å². The molecular formula is C10H8N2O4. The molecule has 0 spiro atoms. The maximum Gasteiger partial charge on any atom is 0.372 e. The average Bonchev–Trinajstić information content (AvgIpc) is 2.58. The van der Waals surface area contributed by atoms with Gasteiger partial charge < -0.3 is 10.2 Å². The molecule has 2 heterocycles. The third kappa shape index (κ3) is 1.31.